The molecule has 0 aliphatic carbocycles. The molecule has 32 heavy (non-hydrogen) atoms. The van der Waals surface area contributed by atoms with Gasteiger partial charge in [0.15, 0.2) is 4.90 Å². The molecule has 5 rings (SSSR count). The summed E-state index contributed by atoms with van der Waals surface area (Å²) in [6, 6.07) is 15.2. The van der Waals surface area contributed by atoms with Gasteiger partial charge in [-0.3, -0.25) is 4.98 Å². The highest BCUT2D eigenvalue weighted by molar-refractivity contribution is 7.97. The number of aromatic nitrogens is 3. The third kappa shape index (κ3) is 4.17. The molecule has 0 amide bonds. The average molecular weight is 449 g/mol. The maximum atomic E-state index is 11.9. The van der Waals surface area contributed by atoms with Crippen LogP contribution < -0.4 is 4.90 Å². The summed E-state index contributed by atoms with van der Waals surface area (Å²) in [5.74, 6) is 0.932. The summed E-state index contributed by atoms with van der Waals surface area (Å²) in [7, 11) is -3.25. The third-order valence-corrected chi connectivity index (χ3v) is 6.87. The predicted octanol–water partition coefficient (Wildman–Crippen LogP) is 3.60. The topological polar surface area (TPSA) is 83.3 Å². The van der Waals surface area contributed by atoms with E-state index in [0.29, 0.717) is 18.1 Å². The Balaban J connectivity index is 1.62. The lowest BCUT2D eigenvalue weighted by Gasteiger charge is -2.29. The number of morpholine rings is 1. The summed E-state index contributed by atoms with van der Waals surface area (Å²) in [6.45, 7) is 3.65. The Bertz CT molecular complexity index is 1280. The van der Waals surface area contributed by atoms with Gasteiger partial charge in [0.05, 0.1) is 34.6 Å². The minimum absolute atomic E-state index is 0.303. The standard InChI is InChI=1S/C24H24N4O3S/c1-32(29,30)20-4-2-19(3-5-20)22-16-23-21(24(26-22)27-12-14-31-15-13-27)8-11-28(23)17-18-6-9-25-10-7-18/h2-11,16H,12-15,17H2,1H3. The lowest BCUT2D eigenvalue weighted by Crippen LogP contribution is -2.36. The number of pyridine rings is 2. The molecule has 7 nitrogen and oxygen atoms in total. The zero-order valence-electron chi connectivity index (χ0n) is 17.8. The SMILES string of the molecule is C[S+](=O)([O-])c1ccc(-c2cc3c(ccn3Cc3ccncc3)c(N3CCOCC3)n2)cc1. The summed E-state index contributed by atoms with van der Waals surface area (Å²) in [5.41, 5.74) is 3.95. The molecule has 1 saturated heterocycles. The molecule has 3 aromatic heterocycles. The van der Waals surface area contributed by atoms with E-state index in [1.807, 2.05) is 24.3 Å². The molecule has 1 fully saturated rings. The zero-order chi connectivity index (χ0) is 22.1. The molecule has 0 spiro atoms. The van der Waals surface area contributed by atoms with E-state index in [9.17, 15) is 8.76 Å². The van der Waals surface area contributed by atoms with Gasteiger partial charge in [0.25, 0.3) is 0 Å². The van der Waals surface area contributed by atoms with Crippen molar-refractivity contribution in [3.05, 3.63) is 72.7 Å². The van der Waals surface area contributed by atoms with Crippen LogP contribution in [-0.2, 0) is 25.7 Å². The Hall–Kier alpha value is -3.07. The lowest BCUT2D eigenvalue weighted by molar-refractivity contribution is 0.122. The van der Waals surface area contributed by atoms with Crippen LogP contribution in [0, 0.1) is 0 Å². The first-order chi connectivity index (χ1) is 15.5. The number of benzene rings is 1. The lowest BCUT2D eigenvalue weighted by atomic mass is 10.1. The molecule has 8 heteroatoms. The number of anilines is 1. The first kappa shape index (κ1) is 20.8. The molecule has 4 aromatic rings. The highest BCUT2D eigenvalue weighted by atomic mass is 32.3. The monoisotopic (exact) mass is 448 g/mol. The second kappa shape index (κ2) is 8.46. The van der Waals surface area contributed by atoms with E-state index in [2.05, 4.69) is 32.8 Å². The Morgan fingerprint density at radius 2 is 1.78 bits per heavy atom. The van der Waals surface area contributed by atoms with Gasteiger partial charge in [0.2, 0.25) is 0 Å². The van der Waals surface area contributed by atoms with Crippen LogP contribution in [0.5, 0.6) is 0 Å². The van der Waals surface area contributed by atoms with Crippen LogP contribution >= 0.6 is 0 Å². The first-order valence-corrected chi connectivity index (χ1v) is 12.4. The molecule has 0 radical (unpaired) electrons. The molecular weight excluding hydrogens is 424 g/mol. The van der Waals surface area contributed by atoms with Gasteiger partial charge in [0.1, 0.15) is 12.1 Å². The maximum absolute atomic E-state index is 11.9. The number of fused-ring (bicyclic) bond motifs is 1. The molecule has 164 valence electrons. The van der Waals surface area contributed by atoms with Crippen LogP contribution in [0.2, 0.25) is 0 Å². The number of hydrogen-bond donors (Lipinski definition) is 0. The van der Waals surface area contributed by atoms with E-state index < -0.39 is 10.2 Å². The van der Waals surface area contributed by atoms with Crippen LogP contribution in [0.3, 0.4) is 0 Å². The Morgan fingerprint density at radius 3 is 2.47 bits per heavy atom. The van der Waals surface area contributed by atoms with Crippen molar-refractivity contribution < 1.29 is 13.5 Å². The van der Waals surface area contributed by atoms with Crippen LogP contribution in [0.15, 0.2) is 72.0 Å². The molecular formula is C24H24N4O3S. The Labute approximate surface area is 187 Å². The summed E-state index contributed by atoms with van der Waals surface area (Å²) in [4.78, 5) is 11.7. The second-order valence-corrected chi connectivity index (χ2v) is 9.97. The van der Waals surface area contributed by atoms with Gasteiger partial charge in [-0.2, -0.15) is 0 Å². The van der Waals surface area contributed by atoms with Crippen molar-refractivity contribution in [2.24, 2.45) is 0 Å². The van der Waals surface area contributed by atoms with Gasteiger partial charge in [-0.25, -0.2) is 4.98 Å². The molecule has 1 aliphatic rings. The van der Waals surface area contributed by atoms with E-state index in [4.69, 9.17) is 9.72 Å². The Morgan fingerprint density at radius 1 is 1.06 bits per heavy atom. The number of sulfone groups is 1. The van der Waals surface area contributed by atoms with Gasteiger partial charge in [-0.1, -0.05) is 0 Å². The van der Waals surface area contributed by atoms with E-state index >= 15 is 0 Å². The quantitative estimate of drug-likeness (QED) is 0.434. The van der Waals surface area contributed by atoms with Crippen molar-refractivity contribution in [3.8, 4) is 11.3 Å². The Kier molecular flexibility index (Phi) is 5.50. The predicted molar refractivity (Wildman–Crippen MR) is 125 cm³/mol. The van der Waals surface area contributed by atoms with E-state index in [0.717, 1.165) is 47.6 Å². The van der Waals surface area contributed by atoms with Crippen molar-refractivity contribution in [1.29, 1.82) is 0 Å². The fraction of sp³-hybridized carbons (Fsp3) is 0.250. The molecule has 1 atom stereocenters. The normalized spacial score (nSPS) is 16.2. The molecule has 1 unspecified atom stereocenters. The van der Waals surface area contributed by atoms with Crippen LogP contribution in [0.4, 0.5) is 5.82 Å². The van der Waals surface area contributed by atoms with Crippen molar-refractivity contribution in [1.82, 2.24) is 14.5 Å². The average Bonchev–Trinajstić information content (AvgIpc) is 3.22. The van der Waals surface area contributed by atoms with Crippen molar-refractivity contribution in [2.75, 3.05) is 37.5 Å². The van der Waals surface area contributed by atoms with Crippen LogP contribution in [-0.4, -0.2) is 51.6 Å². The van der Waals surface area contributed by atoms with Gasteiger partial charge in [-0.15, -0.1) is 4.21 Å². The maximum Gasteiger partial charge on any atom is 0.155 e. The van der Waals surface area contributed by atoms with Crippen LogP contribution in [0.1, 0.15) is 5.56 Å². The molecule has 0 N–H and O–H groups in total. The molecule has 4 heterocycles. The number of ether oxygens (including phenoxy) is 1. The van der Waals surface area contributed by atoms with E-state index in [1.165, 1.54) is 11.8 Å². The van der Waals surface area contributed by atoms with E-state index in [1.54, 1.807) is 24.5 Å². The summed E-state index contributed by atoms with van der Waals surface area (Å²) < 4.78 is 31.5. The molecule has 1 aliphatic heterocycles. The fourth-order valence-corrected chi connectivity index (χ4v) is 4.66. The smallest absolute Gasteiger partial charge is 0.155 e. The molecule has 0 saturated carbocycles. The highest BCUT2D eigenvalue weighted by Gasteiger charge is 2.20. The van der Waals surface area contributed by atoms with Gasteiger partial charge < -0.3 is 18.8 Å². The fourth-order valence-electron chi connectivity index (χ4n) is 4.03. The van der Waals surface area contributed by atoms with Gasteiger partial charge in [0, 0.05) is 49.2 Å². The first-order valence-electron chi connectivity index (χ1n) is 10.5. The van der Waals surface area contributed by atoms with Crippen molar-refractivity contribution in [2.45, 2.75) is 11.4 Å². The van der Waals surface area contributed by atoms with Crippen molar-refractivity contribution >= 4 is 26.9 Å². The van der Waals surface area contributed by atoms with E-state index in [-0.39, 0.29) is 0 Å². The number of nitrogens with zero attached hydrogens (tertiary/aromatic N) is 4. The highest BCUT2D eigenvalue weighted by Crippen LogP contribution is 2.32. The zero-order valence-corrected chi connectivity index (χ0v) is 18.6. The molecule has 1 aromatic carbocycles. The second-order valence-electron chi connectivity index (χ2n) is 7.96. The minimum atomic E-state index is -3.25. The van der Waals surface area contributed by atoms with Crippen molar-refractivity contribution in [3.63, 3.8) is 0 Å². The van der Waals surface area contributed by atoms with Crippen LogP contribution in [0.25, 0.3) is 22.2 Å². The van der Waals surface area contributed by atoms with Gasteiger partial charge >= 0.3 is 0 Å². The number of rotatable bonds is 5. The summed E-state index contributed by atoms with van der Waals surface area (Å²) in [6.07, 6.45) is 6.91. The number of hydrogen-bond acceptors (Lipinski definition) is 6. The van der Waals surface area contributed by atoms with Gasteiger partial charge in [-0.05, 0) is 54.1 Å². The summed E-state index contributed by atoms with van der Waals surface area (Å²) >= 11 is 0. The largest absolute Gasteiger partial charge is 0.610 e. The third-order valence-electron chi connectivity index (χ3n) is 5.74. The summed E-state index contributed by atoms with van der Waals surface area (Å²) in [5, 5.41) is 1.09. The minimum Gasteiger partial charge on any atom is -0.610 e. The molecule has 0 bridgehead atoms.